The Kier molecular flexibility index (Phi) is 3.30. The normalized spacial score (nSPS) is 17.7. The molecule has 1 heterocycles. The van der Waals surface area contributed by atoms with Crippen LogP contribution in [-0.4, -0.2) is 17.1 Å². The number of pyridine rings is 1. The lowest BCUT2D eigenvalue weighted by Crippen LogP contribution is -2.42. The largest absolute Gasteiger partial charge is 0.476 e. The summed E-state index contributed by atoms with van der Waals surface area (Å²) < 4.78 is 5.63. The summed E-state index contributed by atoms with van der Waals surface area (Å²) in [4.78, 5) is 4.24. The van der Waals surface area contributed by atoms with Crippen molar-refractivity contribution in [3.05, 3.63) is 23.4 Å². The monoisotopic (exact) mass is 231 g/mol. The van der Waals surface area contributed by atoms with Gasteiger partial charge in [-0.15, -0.1) is 0 Å². The number of nitrogens with zero attached hydrogens (tertiary/aromatic N) is 2. The number of hydrogen-bond acceptors (Lipinski definition) is 4. The standard InChI is InChI=1S/C13H17N3O/c1-10-6-11(8-14)7-12(16-10)17-9-13(15)4-2-3-5-13/h6-7H,2-5,9,15H2,1H3. The van der Waals surface area contributed by atoms with Gasteiger partial charge in [0.05, 0.1) is 17.2 Å². The van der Waals surface area contributed by atoms with Crippen LogP contribution in [0.3, 0.4) is 0 Å². The molecule has 4 heteroatoms. The van der Waals surface area contributed by atoms with E-state index in [2.05, 4.69) is 11.1 Å². The van der Waals surface area contributed by atoms with Gasteiger partial charge in [0.25, 0.3) is 0 Å². The maximum atomic E-state index is 8.86. The van der Waals surface area contributed by atoms with E-state index in [9.17, 15) is 0 Å². The van der Waals surface area contributed by atoms with E-state index in [-0.39, 0.29) is 5.54 Å². The molecule has 0 aromatic carbocycles. The van der Waals surface area contributed by atoms with Crippen molar-refractivity contribution >= 4 is 0 Å². The number of rotatable bonds is 3. The molecule has 17 heavy (non-hydrogen) atoms. The molecule has 0 saturated heterocycles. The van der Waals surface area contributed by atoms with E-state index in [4.69, 9.17) is 15.7 Å². The van der Waals surface area contributed by atoms with Crippen LogP contribution in [0.1, 0.15) is 36.9 Å². The Morgan fingerprint density at radius 1 is 1.47 bits per heavy atom. The summed E-state index contributed by atoms with van der Waals surface area (Å²) in [5.41, 5.74) is 7.35. The first kappa shape index (κ1) is 11.9. The molecule has 0 bridgehead atoms. The second kappa shape index (κ2) is 4.72. The van der Waals surface area contributed by atoms with Gasteiger partial charge in [0, 0.05) is 11.8 Å². The van der Waals surface area contributed by atoms with Crippen LogP contribution in [-0.2, 0) is 0 Å². The molecule has 1 aromatic rings. The zero-order chi connectivity index (χ0) is 12.3. The van der Waals surface area contributed by atoms with Crippen LogP contribution in [0.5, 0.6) is 5.88 Å². The van der Waals surface area contributed by atoms with Gasteiger partial charge >= 0.3 is 0 Å². The Hall–Kier alpha value is -1.60. The van der Waals surface area contributed by atoms with Crippen molar-refractivity contribution in [2.75, 3.05) is 6.61 Å². The highest BCUT2D eigenvalue weighted by molar-refractivity contribution is 5.34. The molecule has 1 aliphatic carbocycles. The van der Waals surface area contributed by atoms with Gasteiger partial charge in [-0.25, -0.2) is 4.98 Å². The Labute approximate surface area is 101 Å². The van der Waals surface area contributed by atoms with Crippen molar-refractivity contribution in [1.29, 1.82) is 5.26 Å². The SMILES string of the molecule is Cc1cc(C#N)cc(OCC2(N)CCCC2)n1. The van der Waals surface area contributed by atoms with Gasteiger partial charge in [0.15, 0.2) is 0 Å². The molecule has 1 aromatic heterocycles. The molecule has 0 amide bonds. The number of aryl methyl sites for hydroxylation is 1. The highest BCUT2D eigenvalue weighted by Gasteiger charge is 2.30. The minimum Gasteiger partial charge on any atom is -0.476 e. The third-order valence-corrected chi connectivity index (χ3v) is 3.17. The minimum atomic E-state index is -0.210. The van der Waals surface area contributed by atoms with Crippen molar-refractivity contribution in [3.8, 4) is 11.9 Å². The van der Waals surface area contributed by atoms with Gasteiger partial charge in [0.2, 0.25) is 5.88 Å². The number of ether oxygens (including phenoxy) is 1. The number of nitrogens with two attached hydrogens (primary N) is 1. The fourth-order valence-corrected chi connectivity index (χ4v) is 2.22. The summed E-state index contributed by atoms with van der Waals surface area (Å²) in [5, 5.41) is 8.86. The summed E-state index contributed by atoms with van der Waals surface area (Å²) in [6.45, 7) is 2.33. The molecule has 0 unspecified atom stereocenters. The molecular formula is C13H17N3O. The highest BCUT2D eigenvalue weighted by Crippen LogP contribution is 2.27. The molecule has 4 nitrogen and oxygen atoms in total. The lowest BCUT2D eigenvalue weighted by Gasteiger charge is -2.23. The zero-order valence-electron chi connectivity index (χ0n) is 10.1. The van der Waals surface area contributed by atoms with Gasteiger partial charge in [0.1, 0.15) is 6.61 Å². The summed E-state index contributed by atoms with van der Waals surface area (Å²) in [6, 6.07) is 5.49. The second-order valence-electron chi connectivity index (χ2n) is 4.81. The molecule has 1 saturated carbocycles. The Morgan fingerprint density at radius 2 is 2.18 bits per heavy atom. The maximum absolute atomic E-state index is 8.86. The average molecular weight is 231 g/mol. The second-order valence-corrected chi connectivity index (χ2v) is 4.81. The van der Waals surface area contributed by atoms with E-state index in [0.29, 0.717) is 18.1 Å². The number of nitriles is 1. The highest BCUT2D eigenvalue weighted by atomic mass is 16.5. The van der Waals surface area contributed by atoms with Crippen molar-refractivity contribution in [2.45, 2.75) is 38.1 Å². The van der Waals surface area contributed by atoms with Crippen molar-refractivity contribution in [2.24, 2.45) is 5.73 Å². The maximum Gasteiger partial charge on any atom is 0.214 e. The number of hydrogen-bond donors (Lipinski definition) is 1. The summed E-state index contributed by atoms with van der Waals surface area (Å²) in [6.07, 6.45) is 4.35. The van der Waals surface area contributed by atoms with Crippen molar-refractivity contribution in [3.63, 3.8) is 0 Å². The molecule has 0 spiro atoms. The van der Waals surface area contributed by atoms with Crippen LogP contribution in [0.25, 0.3) is 0 Å². The van der Waals surface area contributed by atoms with Gasteiger partial charge in [-0.05, 0) is 25.8 Å². The van der Waals surface area contributed by atoms with E-state index >= 15 is 0 Å². The molecule has 1 aliphatic rings. The van der Waals surface area contributed by atoms with Crippen LogP contribution >= 0.6 is 0 Å². The Balaban J connectivity index is 2.04. The lowest BCUT2D eigenvalue weighted by molar-refractivity contribution is 0.213. The smallest absolute Gasteiger partial charge is 0.214 e. The first-order valence-corrected chi connectivity index (χ1v) is 5.92. The predicted molar refractivity (Wildman–Crippen MR) is 64.6 cm³/mol. The van der Waals surface area contributed by atoms with E-state index in [1.807, 2.05) is 6.92 Å². The van der Waals surface area contributed by atoms with E-state index in [1.165, 1.54) is 12.8 Å². The minimum absolute atomic E-state index is 0.210. The Morgan fingerprint density at radius 3 is 2.82 bits per heavy atom. The number of aromatic nitrogens is 1. The fourth-order valence-electron chi connectivity index (χ4n) is 2.22. The molecule has 0 aliphatic heterocycles. The molecular weight excluding hydrogens is 214 g/mol. The van der Waals surface area contributed by atoms with E-state index < -0.39 is 0 Å². The summed E-state index contributed by atoms with van der Waals surface area (Å²) in [7, 11) is 0. The fraction of sp³-hybridized carbons (Fsp3) is 0.538. The van der Waals surface area contributed by atoms with Gasteiger partial charge in [-0.2, -0.15) is 5.26 Å². The third-order valence-electron chi connectivity index (χ3n) is 3.17. The van der Waals surface area contributed by atoms with E-state index in [0.717, 1.165) is 18.5 Å². The topological polar surface area (TPSA) is 71.9 Å². The van der Waals surface area contributed by atoms with Crippen LogP contribution in [0, 0.1) is 18.3 Å². The molecule has 2 rings (SSSR count). The lowest BCUT2D eigenvalue weighted by atomic mass is 10.0. The van der Waals surface area contributed by atoms with Crippen LogP contribution in [0.2, 0.25) is 0 Å². The van der Waals surface area contributed by atoms with Crippen LogP contribution in [0.4, 0.5) is 0 Å². The quantitative estimate of drug-likeness (QED) is 0.862. The Bertz CT molecular complexity index is 444. The van der Waals surface area contributed by atoms with Crippen molar-refractivity contribution in [1.82, 2.24) is 4.98 Å². The molecule has 0 radical (unpaired) electrons. The first-order valence-electron chi connectivity index (χ1n) is 5.92. The van der Waals surface area contributed by atoms with Crippen molar-refractivity contribution < 1.29 is 4.74 Å². The molecule has 2 N–H and O–H groups in total. The van der Waals surface area contributed by atoms with Gasteiger partial charge in [-0.3, -0.25) is 0 Å². The average Bonchev–Trinajstić information content (AvgIpc) is 2.73. The predicted octanol–water partition coefficient (Wildman–Crippen LogP) is 1.91. The van der Waals surface area contributed by atoms with Crippen LogP contribution < -0.4 is 10.5 Å². The van der Waals surface area contributed by atoms with Gasteiger partial charge < -0.3 is 10.5 Å². The summed E-state index contributed by atoms with van der Waals surface area (Å²) >= 11 is 0. The van der Waals surface area contributed by atoms with Crippen LogP contribution in [0.15, 0.2) is 12.1 Å². The van der Waals surface area contributed by atoms with Gasteiger partial charge in [-0.1, -0.05) is 12.8 Å². The molecule has 1 fully saturated rings. The first-order chi connectivity index (χ1) is 8.11. The molecule has 90 valence electrons. The molecule has 0 atom stereocenters. The third kappa shape index (κ3) is 2.95. The zero-order valence-corrected chi connectivity index (χ0v) is 10.1. The van der Waals surface area contributed by atoms with E-state index in [1.54, 1.807) is 12.1 Å². The summed E-state index contributed by atoms with van der Waals surface area (Å²) in [5.74, 6) is 0.498.